The second-order valence-corrected chi connectivity index (χ2v) is 5.44. The molecule has 0 amide bonds. The Morgan fingerprint density at radius 1 is 1.32 bits per heavy atom. The van der Waals surface area contributed by atoms with Crippen molar-refractivity contribution in [1.29, 1.82) is 0 Å². The standard InChI is InChI=1S/C16H22O3/c1-11-8-9-13(10-14(11)19-2)15(16(17)18)12-6-4-3-5-7-12/h8-10,12,15H,3-7H2,1-2H3,(H,17,18). The minimum absolute atomic E-state index is 0.263. The Morgan fingerprint density at radius 3 is 2.58 bits per heavy atom. The van der Waals surface area contributed by atoms with Gasteiger partial charge < -0.3 is 9.84 Å². The van der Waals surface area contributed by atoms with Crippen molar-refractivity contribution in [2.75, 3.05) is 7.11 Å². The number of carbonyl (C=O) groups is 1. The number of aryl methyl sites for hydroxylation is 1. The van der Waals surface area contributed by atoms with Gasteiger partial charge in [0.25, 0.3) is 0 Å². The lowest BCUT2D eigenvalue weighted by atomic mass is 9.76. The summed E-state index contributed by atoms with van der Waals surface area (Å²) >= 11 is 0. The van der Waals surface area contributed by atoms with Crippen LogP contribution in [0.15, 0.2) is 18.2 Å². The molecule has 0 heterocycles. The highest BCUT2D eigenvalue weighted by Gasteiger charge is 2.31. The first-order valence-corrected chi connectivity index (χ1v) is 7.01. The molecule has 1 fully saturated rings. The summed E-state index contributed by atoms with van der Waals surface area (Å²) in [5.74, 6) is -0.0640. The van der Waals surface area contributed by atoms with E-state index in [1.807, 2.05) is 25.1 Å². The average molecular weight is 262 g/mol. The molecule has 104 valence electrons. The maximum atomic E-state index is 11.6. The number of carboxylic acid groups (broad SMARTS) is 1. The van der Waals surface area contributed by atoms with Gasteiger partial charge in [0.2, 0.25) is 0 Å². The van der Waals surface area contributed by atoms with Gasteiger partial charge in [-0.15, -0.1) is 0 Å². The lowest BCUT2D eigenvalue weighted by Crippen LogP contribution is -2.23. The van der Waals surface area contributed by atoms with E-state index in [1.165, 1.54) is 6.42 Å². The summed E-state index contributed by atoms with van der Waals surface area (Å²) in [7, 11) is 1.63. The van der Waals surface area contributed by atoms with E-state index in [2.05, 4.69) is 0 Å². The second-order valence-electron chi connectivity index (χ2n) is 5.44. The second kappa shape index (κ2) is 6.09. The number of rotatable bonds is 4. The third kappa shape index (κ3) is 3.09. The van der Waals surface area contributed by atoms with Gasteiger partial charge in [-0.1, -0.05) is 31.4 Å². The highest BCUT2D eigenvalue weighted by Crippen LogP contribution is 2.37. The van der Waals surface area contributed by atoms with Gasteiger partial charge in [0.15, 0.2) is 0 Å². The molecule has 2 rings (SSSR count). The Balaban J connectivity index is 2.30. The molecule has 1 unspecified atom stereocenters. The molecule has 0 spiro atoms. The molecule has 1 aromatic rings. The Bertz CT molecular complexity index is 447. The van der Waals surface area contributed by atoms with E-state index in [1.54, 1.807) is 7.11 Å². The van der Waals surface area contributed by atoms with Crippen molar-refractivity contribution in [3.63, 3.8) is 0 Å². The number of benzene rings is 1. The van der Waals surface area contributed by atoms with Crippen molar-refractivity contribution in [2.24, 2.45) is 5.92 Å². The zero-order valence-electron chi connectivity index (χ0n) is 11.7. The number of methoxy groups -OCH3 is 1. The van der Waals surface area contributed by atoms with E-state index in [4.69, 9.17) is 4.74 Å². The molecule has 1 saturated carbocycles. The van der Waals surface area contributed by atoms with Gasteiger partial charge in [-0.3, -0.25) is 4.79 Å². The minimum Gasteiger partial charge on any atom is -0.496 e. The van der Waals surface area contributed by atoms with Gasteiger partial charge in [0.05, 0.1) is 13.0 Å². The van der Waals surface area contributed by atoms with Crippen molar-refractivity contribution in [1.82, 2.24) is 0 Å². The Kier molecular flexibility index (Phi) is 4.46. The lowest BCUT2D eigenvalue weighted by Gasteiger charge is -2.28. The zero-order valence-corrected chi connectivity index (χ0v) is 11.7. The average Bonchev–Trinajstić information content (AvgIpc) is 2.41. The molecule has 1 atom stereocenters. The largest absolute Gasteiger partial charge is 0.496 e. The van der Waals surface area contributed by atoms with Gasteiger partial charge >= 0.3 is 5.97 Å². The van der Waals surface area contributed by atoms with Crippen LogP contribution in [0.2, 0.25) is 0 Å². The normalized spacial score (nSPS) is 18.0. The topological polar surface area (TPSA) is 46.5 Å². The molecular formula is C16H22O3. The molecule has 0 aliphatic heterocycles. The van der Waals surface area contributed by atoms with E-state index in [0.717, 1.165) is 42.6 Å². The molecule has 1 aliphatic carbocycles. The summed E-state index contributed by atoms with van der Waals surface area (Å²) in [4.78, 5) is 11.6. The molecule has 0 saturated heterocycles. The molecule has 3 nitrogen and oxygen atoms in total. The Hall–Kier alpha value is -1.51. The van der Waals surface area contributed by atoms with Crippen LogP contribution >= 0.6 is 0 Å². The molecule has 1 N–H and O–H groups in total. The first-order valence-electron chi connectivity index (χ1n) is 7.01. The number of hydrogen-bond acceptors (Lipinski definition) is 2. The third-order valence-electron chi connectivity index (χ3n) is 4.18. The monoisotopic (exact) mass is 262 g/mol. The number of ether oxygens (including phenoxy) is 1. The van der Waals surface area contributed by atoms with Crippen LogP contribution in [-0.2, 0) is 4.79 Å². The lowest BCUT2D eigenvalue weighted by molar-refractivity contribution is -0.140. The minimum atomic E-state index is -0.710. The molecule has 0 aromatic heterocycles. The molecule has 19 heavy (non-hydrogen) atoms. The smallest absolute Gasteiger partial charge is 0.311 e. The highest BCUT2D eigenvalue weighted by atomic mass is 16.5. The summed E-state index contributed by atoms with van der Waals surface area (Å²) in [5, 5.41) is 9.57. The fraction of sp³-hybridized carbons (Fsp3) is 0.562. The summed E-state index contributed by atoms with van der Waals surface area (Å²) in [5.41, 5.74) is 1.92. The summed E-state index contributed by atoms with van der Waals surface area (Å²) < 4.78 is 5.31. The number of carboxylic acids is 1. The van der Waals surface area contributed by atoms with Crippen molar-refractivity contribution in [3.8, 4) is 5.75 Å². The molecular weight excluding hydrogens is 240 g/mol. The van der Waals surface area contributed by atoms with Gasteiger partial charge in [-0.05, 0) is 42.9 Å². The summed E-state index contributed by atoms with van der Waals surface area (Å²) in [6, 6.07) is 5.78. The quantitative estimate of drug-likeness (QED) is 0.898. The summed E-state index contributed by atoms with van der Waals surface area (Å²) in [6.45, 7) is 1.97. The van der Waals surface area contributed by atoms with Crippen LogP contribution in [-0.4, -0.2) is 18.2 Å². The van der Waals surface area contributed by atoms with Crippen LogP contribution in [0.1, 0.15) is 49.1 Å². The predicted octanol–water partition coefficient (Wildman–Crippen LogP) is 3.75. The van der Waals surface area contributed by atoms with Crippen LogP contribution in [0, 0.1) is 12.8 Å². The Labute approximate surface area is 114 Å². The van der Waals surface area contributed by atoms with Crippen LogP contribution in [0.3, 0.4) is 0 Å². The third-order valence-corrected chi connectivity index (χ3v) is 4.18. The van der Waals surface area contributed by atoms with Gasteiger partial charge in [0, 0.05) is 0 Å². The van der Waals surface area contributed by atoms with Crippen molar-refractivity contribution >= 4 is 5.97 Å². The number of aliphatic carboxylic acids is 1. The van der Waals surface area contributed by atoms with E-state index in [9.17, 15) is 9.90 Å². The predicted molar refractivity (Wildman–Crippen MR) is 74.7 cm³/mol. The number of hydrogen-bond donors (Lipinski definition) is 1. The van der Waals surface area contributed by atoms with Crippen molar-refractivity contribution in [3.05, 3.63) is 29.3 Å². The van der Waals surface area contributed by atoms with E-state index < -0.39 is 11.9 Å². The van der Waals surface area contributed by atoms with Gasteiger partial charge in [-0.25, -0.2) is 0 Å². The fourth-order valence-electron chi connectivity index (χ4n) is 3.11. The maximum Gasteiger partial charge on any atom is 0.311 e. The zero-order chi connectivity index (χ0) is 13.8. The molecule has 0 bridgehead atoms. The molecule has 1 aromatic carbocycles. The van der Waals surface area contributed by atoms with E-state index in [-0.39, 0.29) is 5.92 Å². The first kappa shape index (κ1) is 13.9. The van der Waals surface area contributed by atoms with Gasteiger partial charge in [-0.2, -0.15) is 0 Å². The van der Waals surface area contributed by atoms with Crippen molar-refractivity contribution in [2.45, 2.75) is 44.9 Å². The van der Waals surface area contributed by atoms with Crippen LogP contribution in [0.5, 0.6) is 5.75 Å². The molecule has 3 heteroatoms. The summed E-state index contributed by atoms with van der Waals surface area (Å²) in [6.07, 6.45) is 5.58. The van der Waals surface area contributed by atoms with Gasteiger partial charge in [0.1, 0.15) is 5.75 Å². The van der Waals surface area contributed by atoms with Crippen LogP contribution < -0.4 is 4.74 Å². The van der Waals surface area contributed by atoms with Crippen LogP contribution in [0.4, 0.5) is 0 Å². The highest BCUT2D eigenvalue weighted by molar-refractivity contribution is 5.76. The van der Waals surface area contributed by atoms with E-state index >= 15 is 0 Å². The first-order chi connectivity index (χ1) is 9.13. The molecule has 0 radical (unpaired) electrons. The molecule has 1 aliphatic rings. The van der Waals surface area contributed by atoms with Crippen molar-refractivity contribution < 1.29 is 14.6 Å². The SMILES string of the molecule is COc1cc(C(C(=O)O)C2CCCCC2)ccc1C. The van der Waals surface area contributed by atoms with Crippen LogP contribution in [0.25, 0.3) is 0 Å². The maximum absolute atomic E-state index is 11.6. The fourth-order valence-corrected chi connectivity index (χ4v) is 3.11. The Morgan fingerprint density at radius 2 is 2.00 bits per heavy atom. The van der Waals surface area contributed by atoms with E-state index in [0.29, 0.717) is 0 Å².